The number of nitrogens with zero attached hydrogens (tertiary/aromatic N) is 4. The smallest absolute Gasteiger partial charge is 0.277 e. The quantitative estimate of drug-likeness (QED) is 0.614. The van der Waals surface area contributed by atoms with Gasteiger partial charge in [-0.25, -0.2) is 4.68 Å². The first-order valence-electron chi connectivity index (χ1n) is 11.0. The van der Waals surface area contributed by atoms with Crippen LogP contribution in [0.2, 0.25) is 0 Å². The van der Waals surface area contributed by atoms with Crippen LogP contribution >= 0.6 is 12.4 Å². The minimum Gasteiger partial charge on any atom is -0.496 e. The molecule has 0 radical (unpaired) electrons. The van der Waals surface area contributed by atoms with E-state index >= 15 is 0 Å². The van der Waals surface area contributed by atoms with Crippen LogP contribution < -0.4 is 10.3 Å². The lowest BCUT2D eigenvalue weighted by atomic mass is 9.75. The number of methoxy groups -OCH3 is 1. The largest absolute Gasteiger partial charge is 0.496 e. The lowest BCUT2D eigenvalue weighted by molar-refractivity contribution is -0.0910. The van der Waals surface area contributed by atoms with E-state index in [9.17, 15) is 9.90 Å². The molecule has 1 N–H and O–H groups in total. The van der Waals surface area contributed by atoms with Crippen LogP contribution in [-0.2, 0) is 12.1 Å². The fraction of sp³-hybridized carbons (Fsp3) is 0.458. The van der Waals surface area contributed by atoms with Crippen LogP contribution in [0.15, 0.2) is 53.3 Å². The molecule has 2 fully saturated rings. The van der Waals surface area contributed by atoms with Crippen LogP contribution in [0.5, 0.6) is 5.75 Å². The standard InChI is InChI=1S/C24H28N4O3.ClH/c1-31-22-10-5-3-8-20(22)24(30)17-11-12-18(24)16-27(15-17)13-6-14-28-23(29)19-7-2-4-9-21(19)25-26-28;/h2-5,7-10,17-18,30H,6,11-16H2,1H3;1H. The number of ether oxygens (including phenoxy) is 1. The Morgan fingerprint density at radius 2 is 1.75 bits per heavy atom. The van der Waals surface area contributed by atoms with Gasteiger partial charge in [0.1, 0.15) is 16.9 Å². The maximum Gasteiger partial charge on any atom is 0.277 e. The fourth-order valence-electron chi connectivity index (χ4n) is 5.55. The molecule has 1 saturated heterocycles. The third-order valence-corrected chi connectivity index (χ3v) is 7.08. The number of piperidine rings is 1. The van der Waals surface area contributed by atoms with Crippen molar-refractivity contribution < 1.29 is 9.84 Å². The number of hydrogen-bond acceptors (Lipinski definition) is 6. The molecule has 3 aromatic rings. The summed E-state index contributed by atoms with van der Waals surface area (Å²) in [5, 5.41) is 20.6. The third kappa shape index (κ3) is 3.78. The van der Waals surface area contributed by atoms with Crippen molar-refractivity contribution in [1.29, 1.82) is 0 Å². The molecule has 1 aliphatic heterocycles. The molecular formula is C24H29ClN4O3. The van der Waals surface area contributed by atoms with Gasteiger partial charge in [-0.1, -0.05) is 35.5 Å². The molecular weight excluding hydrogens is 428 g/mol. The number of aromatic nitrogens is 3. The second kappa shape index (κ2) is 9.17. The van der Waals surface area contributed by atoms with Crippen LogP contribution in [-0.4, -0.2) is 51.7 Å². The summed E-state index contributed by atoms with van der Waals surface area (Å²) in [4.78, 5) is 15.1. The van der Waals surface area contributed by atoms with Gasteiger partial charge < -0.3 is 14.7 Å². The normalized spacial score (nSPS) is 24.9. The molecule has 7 nitrogen and oxygen atoms in total. The molecule has 170 valence electrons. The molecule has 1 saturated carbocycles. The van der Waals surface area contributed by atoms with Crippen molar-refractivity contribution in [2.75, 3.05) is 26.7 Å². The van der Waals surface area contributed by atoms with Crippen LogP contribution in [0.4, 0.5) is 0 Å². The minimum absolute atomic E-state index is 0. The van der Waals surface area contributed by atoms with Gasteiger partial charge in [-0.3, -0.25) is 4.79 Å². The molecule has 8 heteroatoms. The van der Waals surface area contributed by atoms with Crippen molar-refractivity contribution in [2.45, 2.75) is 31.4 Å². The van der Waals surface area contributed by atoms with Crippen LogP contribution in [0, 0.1) is 11.8 Å². The summed E-state index contributed by atoms with van der Waals surface area (Å²) < 4.78 is 7.02. The molecule has 2 atom stereocenters. The Balaban J connectivity index is 0.00000245. The molecule has 2 aromatic carbocycles. The number of aliphatic hydroxyl groups is 1. The third-order valence-electron chi connectivity index (χ3n) is 7.08. The molecule has 0 amide bonds. The molecule has 2 unspecified atom stereocenters. The molecule has 32 heavy (non-hydrogen) atoms. The Labute approximate surface area is 193 Å². The highest BCUT2D eigenvalue weighted by Gasteiger charge is 2.54. The average Bonchev–Trinajstić information content (AvgIpc) is 2.97. The summed E-state index contributed by atoms with van der Waals surface area (Å²) in [6, 6.07) is 15.2. The molecule has 5 rings (SSSR count). The van der Waals surface area contributed by atoms with E-state index in [0.29, 0.717) is 17.4 Å². The summed E-state index contributed by atoms with van der Waals surface area (Å²) in [6.07, 6.45) is 2.86. The molecule has 1 aromatic heterocycles. The van der Waals surface area contributed by atoms with Crippen LogP contribution in [0.3, 0.4) is 0 Å². The van der Waals surface area contributed by atoms with Gasteiger partial charge >= 0.3 is 0 Å². The number of hydrogen-bond donors (Lipinski definition) is 1. The van der Waals surface area contributed by atoms with E-state index in [1.54, 1.807) is 19.2 Å². The summed E-state index contributed by atoms with van der Waals surface area (Å²) in [6.45, 7) is 3.11. The molecule has 1 aliphatic carbocycles. The zero-order valence-electron chi connectivity index (χ0n) is 18.2. The first-order valence-corrected chi connectivity index (χ1v) is 11.0. The Morgan fingerprint density at radius 3 is 2.50 bits per heavy atom. The van der Waals surface area contributed by atoms with Gasteiger partial charge in [0, 0.05) is 37.0 Å². The summed E-state index contributed by atoms with van der Waals surface area (Å²) in [7, 11) is 1.66. The lowest BCUT2D eigenvalue weighted by Crippen LogP contribution is -2.52. The Hall–Kier alpha value is -2.48. The molecule has 2 bridgehead atoms. The molecule has 2 aliphatic rings. The van der Waals surface area contributed by atoms with E-state index in [1.165, 1.54) is 4.68 Å². The predicted octanol–water partition coefficient (Wildman–Crippen LogP) is 2.84. The second-order valence-corrected chi connectivity index (χ2v) is 8.74. The fourth-order valence-corrected chi connectivity index (χ4v) is 5.55. The van der Waals surface area contributed by atoms with Gasteiger partial charge in [-0.05, 0) is 44.0 Å². The van der Waals surface area contributed by atoms with Crippen molar-refractivity contribution in [1.82, 2.24) is 19.9 Å². The summed E-state index contributed by atoms with van der Waals surface area (Å²) >= 11 is 0. The highest BCUT2D eigenvalue weighted by Crippen LogP contribution is 2.53. The minimum atomic E-state index is -0.830. The zero-order valence-corrected chi connectivity index (χ0v) is 19.0. The number of likely N-dealkylation sites (tertiary alicyclic amines) is 1. The first kappa shape index (κ1) is 22.7. The van der Waals surface area contributed by atoms with E-state index < -0.39 is 5.60 Å². The Morgan fingerprint density at radius 1 is 1.06 bits per heavy atom. The van der Waals surface area contributed by atoms with Gasteiger partial charge in [0.05, 0.1) is 12.5 Å². The zero-order chi connectivity index (χ0) is 21.4. The van der Waals surface area contributed by atoms with Gasteiger partial charge in [0.2, 0.25) is 0 Å². The van der Waals surface area contributed by atoms with E-state index in [-0.39, 0.29) is 29.8 Å². The highest BCUT2D eigenvalue weighted by molar-refractivity contribution is 5.85. The van der Waals surface area contributed by atoms with E-state index in [0.717, 1.165) is 50.2 Å². The number of benzene rings is 2. The monoisotopic (exact) mass is 456 g/mol. The van der Waals surface area contributed by atoms with Crippen molar-refractivity contribution >= 4 is 23.3 Å². The van der Waals surface area contributed by atoms with E-state index in [4.69, 9.17) is 4.74 Å². The lowest BCUT2D eigenvalue weighted by Gasteiger charge is -2.45. The molecule has 0 spiro atoms. The number of para-hydroxylation sites is 1. The van der Waals surface area contributed by atoms with Crippen molar-refractivity contribution in [3.63, 3.8) is 0 Å². The maximum absolute atomic E-state index is 12.6. The predicted molar refractivity (Wildman–Crippen MR) is 125 cm³/mol. The maximum atomic E-state index is 12.6. The van der Waals surface area contributed by atoms with Gasteiger partial charge in [-0.2, -0.15) is 0 Å². The number of fused-ring (bicyclic) bond motifs is 3. The Kier molecular flexibility index (Phi) is 6.51. The SMILES string of the molecule is COc1ccccc1C1(O)C2CCC1CN(CCCn1nnc3ccccc3c1=O)C2.Cl. The topological polar surface area (TPSA) is 80.5 Å². The highest BCUT2D eigenvalue weighted by atomic mass is 35.5. The summed E-state index contributed by atoms with van der Waals surface area (Å²) in [5.74, 6) is 1.14. The Bertz CT molecular complexity index is 1140. The molecule has 2 heterocycles. The van der Waals surface area contributed by atoms with Crippen molar-refractivity contribution in [3.8, 4) is 5.75 Å². The summed E-state index contributed by atoms with van der Waals surface area (Å²) in [5.41, 5.74) is 0.633. The van der Waals surface area contributed by atoms with E-state index in [1.807, 2.05) is 36.4 Å². The van der Waals surface area contributed by atoms with E-state index in [2.05, 4.69) is 15.2 Å². The average molecular weight is 457 g/mol. The van der Waals surface area contributed by atoms with Crippen LogP contribution in [0.25, 0.3) is 10.9 Å². The number of halogens is 1. The first-order chi connectivity index (χ1) is 15.1. The van der Waals surface area contributed by atoms with Gasteiger partial charge in [0.15, 0.2) is 0 Å². The number of rotatable bonds is 6. The number of aryl methyl sites for hydroxylation is 1. The van der Waals surface area contributed by atoms with Crippen LogP contribution in [0.1, 0.15) is 24.8 Å². The van der Waals surface area contributed by atoms with Crippen molar-refractivity contribution in [2.24, 2.45) is 11.8 Å². The second-order valence-electron chi connectivity index (χ2n) is 8.74. The van der Waals surface area contributed by atoms with Gasteiger partial charge in [0.25, 0.3) is 5.56 Å². The van der Waals surface area contributed by atoms with Gasteiger partial charge in [-0.15, -0.1) is 17.5 Å². The van der Waals surface area contributed by atoms with Crippen molar-refractivity contribution in [3.05, 3.63) is 64.4 Å².